The molecule has 2 saturated heterocycles. The number of fused-ring (bicyclic) bond motifs is 1. The summed E-state index contributed by atoms with van der Waals surface area (Å²) in [5.74, 6) is 0.452. The van der Waals surface area contributed by atoms with Crippen LogP contribution in [-0.2, 0) is 4.79 Å². The van der Waals surface area contributed by atoms with Gasteiger partial charge in [-0.1, -0.05) is 0 Å². The zero-order valence-corrected chi connectivity index (χ0v) is 15.2. The molecule has 3 amide bonds. The molecule has 0 aliphatic carbocycles. The molecule has 26 heavy (non-hydrogen) atoms. The third kappa shape index (κ3) is 3.49. The topological polar surface area (TPSA) is 73.9 Å². The van der Waals surface area contributed by atoms with Gasteiger partial charge in [0.2, 0.25) is 0 Å². The van der Waals surface area contributed by atoms with Crippen molar-refractivity contribution in [1.29, 1.82) is 0 Å². The van der Waals surface area contributed by atoms with Gasteiger partial charge < -0.3 is 20.3 Å². The first kappa shape index (κ1) is 17.1. The number of benzene rings is 1. The summed E-state index contributed by atoms with van der Waals surface area (Å²) < 4.78 is 5.55. The lowest BCUT2D eigenvalue weighted by Gasteiger charge is -2.37. The molecule has 4 rings (SSSR count). The first-order chi connectivity index (χ1) is 12.6. The van der Waals surface area contributed by atoms with Gasteiger partial charge in [0.25, 0.3) is 5.91 Å². The number of urea groups is 1. The lowest BCUT2D eigenvalue weighted by atomic mass is 10.0. The van der Waals surface area contributed by atoms with Crippen LogP contribution in [0.1, 0.15) is 32.6 Å². The zero-order valence-electron chi connectivity index (χ0n) is 15.2. The average molecular weight is 358 g/mol. The number of anilines is 2. The maximum atomic E-state index is 12.7. The van der Waals surface area contributed by atoms with E-state index in [2.05, 4.69) is 15.5 Å². The zero-order chi connectivity index (χ0) is 18.1. The second-order valence-electron chi connectivity index (χ2n) is 7.38. The van der Waals surface area contributed by atoms with Gasteiger partial charge >= 0.3 is 6.03 Å². The van der Waals surface area contributed by atoms with E-state index in [0.717, 1.165) is 32.6 Å². The van der Waals surface area contributed by atoms with E-state index in [-0.39, 0.29) is 11.9 Å². The van der Waals surface area contributed by atoms with Crippen molar-refractivity contribution in [3.63, 3.8) is 0 Å². The second-order valence-corrected chi connectivity index (χ2v) is 7.38. The summed E-state index contributed by atoms with van der Waals surface area (Å²) in [6.45, 7) is 5.60. The van der Waals surface area contributed by atoms with Gasteiger partial charge in [0, 0.05) is 24.8 Å². The van der Waals surface area contributed by atoms with E-state index in [1.807, 2.05) is 11.0 Å². The van der Waals surface area contributed by atoms with E-state index in [4.69, 9.17) is 4.74 Å². The first-order valence-electron chi connectivity index (χ1n) is 9.52. The Hall–Kier alpha value is -2.28. The summed E-state index contributed by atoms with van der Waals surface area (Å²) >= 11 is 0. The Morgan fingerprint density at radius 3 is 2.85 bits per heavy atom. The second kappa shape index (κ2) is 7.15. The van der Waals surface area contributed by atoms with Crippen molar-refractivity contribution < 1.29 is 14.3 Å². The van der Waals surface area contributed by atoms with Crippen LogP contribution in [0, 0.1) is 0 Å². The molecule has 1 aromatic carbocycles. The summed E-state index contributed by atoms with van der Waals surface area (Å²) in [6, 6.07) is 5.74. The molecule has 0 unspecified atom stereocenters. The number of piperidine rings is 1. The maximum Gasteiger partial charge on any atom is 0.321 e. The number of nitrogens with zero attached hydrogens (tertiary/aromatic N) is 2. The minimum Gasteiger partial charge on any atom is -0.479 e. The molecular formula is C19H26N4O3. The van der Waals surface area contributed by atoms with Gasteiger partial charge in [-0.2, -0.15) is 0 Å². The fourth-order valence-corrected chi connectivity index (χ4v) is 4.03. The van der Waals surface area contributed by atoms with Gasteiger partial charge in [-0.05, 0) is 63.9 Å². The standard InChI is InChI=1S/C19H26N4O3/c1-13-18(24)21-16-11-14(6-7-17(16)26-13)20-19(25)23-10-4-5-15(12-23)22-8-2-3-9-22/h6-7,11,13,15H,2-5,8-10,12H2,1H3,(H,20,25)(H,21,24)/t13-,15-/m1/s1. The van der Waals surface area contributed by atoms with Crippen LogP contribution in [0.3, 0.4) is 0 Å². The van der Waals surface area contributed by atoms with Crippen molar-refractivity contribution in [2.24, 2.45) is 0 Å². The number of ether oxygens (including phenoxy) is 1. The molecule has 2 fully saturated rings. The Morgan fingerprint density at radius 1 is 1.23 bits per heavy atom. The molecular weight excluding hydrogens is 332 g/mol. The van der Waals surface area contributed by atoms with Crippen molar-refractivity contribution in [3.05, 3.63) is 18.2 Å². The predicted molar refractivity (Wildman–Crippen MR) is 99.6 cm³/mol. The molecule has 2 atom stereocenters. The van der Waals surface area contributed by atoms with E-state index in [1.165, 1.54) is 19.3 Å². The summed E-state index contributed by atoms with van der Waals surface area (Å²) in [7, 11) is 0. The first-order valence-corrected chi connectivity index (χ1v) is 9.52. The monoisotopic (exact) mass is 358 g/mol. The number of hydrogen-bond donors (Lipinski definition) is 2. The molecule has 0 saturated carbocycles. The number of carbonyl (C=O) groups excluding carboxylic acids is 2. The van der Waals surface area contributed by atoms with E-state index in [0.29, 0.717) is 23.2 Å². The molecule has 2 N–H and O–H groups in total. The summed E-state index contributed by atoms with van der Waals surface area (Å²) in [6.07, 6.45) is 4.25. The average Bonchev–Trinajstić information content (AvgIpc) is 3.18. The van der Waals surface area contributed by atoms with E-state index < -0.39 is 6.10 Å². The van der Waals surface area contributed by atoms with Crippen molar-refractivity contribution in [2.45, 2.75) is 44.8 Å². The van der Waals surface area contributed by atoms with Gasteiger partial charge in [-0.15, -0.1) is 0 Å². The highest BCUT2D eigenvalue weighted by molar-refractivity contribution is 5.99. The van der Waals surface area contributed by atoms with Crippen LogP contribution >= 0.6 is 0 Å². The molecule has 0 aromatic heterocycles. The molecule has 7 heteroatoms. The Balaban J connectivity index is 1.40. The van der Waals surface area contributed by atoms with Gasteiger partial charge in [-0.3, -0.25) is 9.69 Å². The maximum absolute atomic E-state index is 12.7. The molecule has 7 nitrogen and oxygen atoms in total. The lowest BCUT2D eigenvalue weighted by Crippen LogP contribution is -2.50. The summed E-state index contributed by atoms with van der Waals surface area (Å²) in [5.41, 5.74) is 1.26. The van der Waals surface area contributed by atoms with Gasteiger partial charge in [0.1, 0.15) is 5.75 Å². The SMILES string of the molecule is C[C@H]1Oc2ccc(NC(=O)N3CCC[C@@H](N4CCCC4)C3)cc2NC1=O. The third-order valence-corrected chi connectivity index (χ3v) is 5.50. The molecule has 0 bridgehead atoms. The Bertz CT molecular complexity index is 702. The number of rotatable bonds is 2. The number of hydrogen-bond acceptors (Lipinski definition) is 4. The summed E-state index contributed by atoms with van der Waals surface area (Å²) in [5, 5.41) is 5.77. The molecule has 3 aliphatic rings. The van der Waals surface area contributed by atoms with Gasteiger partial charge in [-0.25, -0.2) is 4.79 Å². The Morgan fingerprint density at radius 2 is 2.04 bits per heavy atom. The number of carbonyl (C=O) groups is 2. The van der Waals surface area contributed by atoms with Crippen LogP contribution in [0.4, 0.5) is 16.2 Å². The van der Waals surface area contributed by atoms with Crippen molar-refractivity contribution in [3.8, 4) is 5.75 Å². The Labute approximate surface area is 153 Å². The van der Waals surface area contributed by atoms with Crippen LogP contribution in [0.2, 0.25) is 0 Å². The largest absolute Gasteiger partial charge is 0.479 e. The van der Waals surface area contributed by atoms with E-state index >= 15 is 0 Å². The number of likely N-dealkylation sites (tertiary alicyclic amines) is 2. The number of amides is 3. The normalized spacial score (nSPS) is 26.0. The highest BCUT2D eigenvalue weighted by Crippen LogP contribution is 2.32. The van der Waals surface area contributed by atoms with E-state index in [1.54, 1.807) is 19.1 Å². The molecule has 1 aromatic rings. The minimum atomic E-state index is -0.501. The summed E-state index contributed by atoms with van der Waals surface area (Å²) in [4.78, 5) is 28.9. The predicted octanol–water partition coefficient (Wildman–Crippen LogP) is 2.50. The van der Waals surface area contributed by atoms with Crippen molar-refractivity contribution in [2.75, 3.05) is 36.8 Å². The van der Waals surface area contributed by atoms with Crippen LogP contribution in [0.25, 0.3) is 0 Å². The molecule has 140 valence electrons. The highest BCUT2D eigenvalue weighted by atomic mass is 16.5. The smallest absolute Gasteiger partial charge is 0.321 e. The lowest BCUT2D eigenvalue weighted by molar-refractivity contribution is -0.122. The molecule has 0 radical (unpaired) electrons. The number of nitrogens with one attached hydrogen (secondary N) is 2. The molecule has 3 aliphatic heterocycles. The molecule has 3 heterocycles. The minimum absolute atomic E-state index is 0.0785. The van der Waals surface area contributed by atoms with Gasteiger partial charge in [0.05, 0.1) is 5.69 Å². The van der Waals surface area contributed by atoms with Crippen molar-refractivity contribution >= 4 is 23.3 Å². The van der Waals surface area contributed by atoms with Crippen LogP contribution in [0.15, 0.2) is 18.2 Å². The fraction of sp³-hybridized carbons (Fsp3) is 0.579. The molecule has 0 spiro atoms. The Kier molecular flexibility index (Phi) is 4.72. The van der Waals surface area contributed by atoms with Crippen LogP contribution in [0.5, 0.6) is 5.75 Å². The third-order valence-electron chi connectivity index (χ3n) is 5.50. The van der Waals surface area contributed by atoms with Gasteiger partial charge in [0.15, 0.2) is 6.10 Å². The highest BCUT2D eigenvalue weighted by Gasteiger charge is 2.29. The quantitative estimate of drug-likeness (QED) is 0.852. The van der Waals surface area contributed by atoms with Crippen LogP contribution < -0.4 is 15.4 Å². The van der Waals surface area contributed by atoms with Crippen LogP contribution in [-0.4, -0.2) is 60.1 Å². The van der Waals surface area contributed by atoms with E-state index in [9.17, 15) is 9.59 Å². The fourth-order valence-electron chi connectivity index (χ4n) is 4.03. The van der Waals surface area contributed by atoms with Crippen molar-refractivity contribution in [1.82, 2.24) is 9.80 Å².